The maximum atomic E-state index is 11.3. The fourth-order valence-electron chi connectivity index (χ4n) is 2.16. The number of ether oxygens (including phenoxy) is 1. The van der Waals surface area contributed by atoms with E-state index in [0.29, 0.717) is 23.6 Å². The summed E-state index contributed by atoms with van der Waals surface area (Å²) in [6.07, 6.45) is 4.11. The topological polar surface area (TPSA) is 102 Å². The Morgan fingerprint density at radius 3 is 2.72 bits per heavy atom. The number of hydrogen-bond acceptors (Lipinski definition) is 6. The lowest BCUT2D eigenvalue weighted by Gasteiger charge is -2.25. The molecule has 0 saturated heterocycles. The number of carbonyl (C=O) groups is 1. The first-order chi connectivity index (χ1) is 11.6. The minimum Gasteiger partial charge on any atom is -0.466 e. The molecule has 0 aliphatic carbocycles. The number of hydrogen-bond donors (Lipinski definition) is 2. The smallest absolute Gasteiger partial charge is 0.330 e. The highest BCUT2D eigenvalue weighted by Crippen LogP contribution is 2.27. The fraction of sp³-hybridized carbons (Fsp3) is 0.500. The second kappa shape index (κ2) is 9.17. The van der Waals surface area contributed by atoms with Gasteiger partial charge in [0.15, 0.2) is 0 Å². The summed E-state index contributed by atoms with van der Waals surface area (Å²) in [6, 6.07) is 4.58. The molecule has 7 heteroatoms. The lowest BCUT2D eigenvalue weighted by atomic mass is 9.95. The van der Waals surface area contributed by atoms with E-state index in [-0.39, 0.29) is 12.2 Å². The van der Waals surface area contributed by atoms with E-state index in [1.807, 2.05) is 0 Å². The van der Waals surface area contributed by atoms with Gasteiger partial charge in [0.25, 0.3) is 5.69 Å². The van der Waals surface area contributed by atoms with Gasteiger partial charge in [-0.05, 0) is 43.4 Å². The molecule has 0 spiro atoms. The maximum absolute atomic E-state index is 11.3. The second-order valence-electron chi connectivity index (χ2n) is 6.67. The van der Waals surface area contributed by atoms with Crippen LogP contribution in [0.4, 0.5) is 11.4 Å². The highest BCUT2D eigenvalue weighted by atomic mass is 16.6. The van der Waals surface area contributed by atoms with E-state index in [9.17, 15) is 20.0 Å². The lowest BCUT2D eigenvalue weighted by molar-refractivity contribution is -0.384. The third-order valence-corrected chi connectivity index (χ3v) is 3.75. The van der Waals surface area contributed by atoms with Crippen molar-refractivity contribution in [2.24, 2.45) is 5.92 Å². The Morgan fingerprint density at radius 1 is 1.48 bits per heavy atom. The van der Waals surface area contributed by atoms with Crippen molar-refractivity contribution >= 4 is 23.4 Å². The van der Waals surface area contributed by atoms with Gasteiger partial charge in [-0.2, -0.15) is 0 Å². The standard InChI is InChI=1S/C18H26N2O5/c1-13(2)9-10-18(3,22)12-19-15-7-5-14(6-8-17(21)25-4)11-16(15)20(23)24/h5-8,11,13,19,22H,9-10,12H2,1-4H3. The number of nitro benzene ring substituents is 1. The van der Waals surface area contributed by atoms with Gasteiger partial charge in [0.1, 0.15) is 5.69 Å². The molecule has 0 fully saturated rings. The Bertz CT molecular complexity index is 638. The summed E-state index contributed by atoms with van der Waals surface area (Å²) in [7, 11) is 1.26. The van der Waals surface area contributed by atoms with Crippen LogP contribution in [0, 0.1) is 16.0 Å². The molecule has 0 saturated carbocycles. The van der Waals surface area contributed by atoms with Gasteiger partial charge in [-0.1, -0.05) is 19.9 Å². The first kappa shape index (κ1) is 20.6. The molecular weight excluding hydrogens is 324 g/mol. The van der Waals surface area contributed by atoms with Crippen molar-refractivity contribution in [1.82, 2.24) is 0 Å². The van der Waals surface area contributed by atoms with E-state index in [4.69, 9.17) is 0 Å². The third kappa shape index (κ3) is 7.34. The Labute approximate surface area is 147 Å². The lowest BCUT2D eigenvalue weighted by Crippen LogP contribution is -2.33. The molecule has 1 rings (SSSR count). The third-order valence-electron chi connectivity index (χ3n) is 3.75. The molecule has 0 heterocycles. The number of methoxy groups -OCH3 is 1. The van der Waals surface area contributed by atoms with Crippen molar-refractivity contribution in [2.45, 2.75) is 39.2 Å². The van der Waals surface area contributed by atoms with Gasteiger partial charge in [-0.15, -0.1) is 0 Å². The molecule has 25 heavy (non-hydrogen) atoms. The number of rotatable bonds is 9. The van der Waals surface area contributed by atoms with Crippen LogP contribution in [0.25, 0.3) is 6.08 Å². The number of aliphatic hydroxyl groups is 1. The van der Waals surface area contributed by atoms with Crippen LogP contribution in [-0.2, 0) is 9.53 Å². The monoisotopic (exact) mass is 350 g/mol. The van der Waals surface area contributed by atoms with Crippen molar-refractivity contribution in [3.63, 3.8) is 0 Å². The molecule has 1 unspecified atom stereocenters. The van der Waals surface area contributed by atoms with Crippen molar-refractivity contribution in [2.75, 3.05) is 19.0 Å². The zero-order valence-corrected chi connectivity index (χ0v) is 15.1. The van der Waals surface area contributed by atoms with Crippen LogP contribution in [0.15, 0.2) is 24.3 Å². The summed E-state index contributed by atoms with van der Waals surface area (Å²) in [5.74, 6) is -0.0623. The maximum Gasteiger partial charge on any atom is 0.330 e. The molecule has 1 aromatic rings. The van der Waals surface area contributed by atoms with Gasteiger partial charge in [0.05, 0.1) is 17.6 Å². The predicted octanol–water partition coefficient (Wildman–Crippen LogP) is 3.38. The molecular formula is C18H26N2O5. The number of carbonyl (C=O) groups excluding carboxylic acids is 1. The predicted molar refractivity (Wildman–Crippen MR) is 97.3 cm³/mol. The summed E-state index contributed by atoms with van der Waals surface area (Å²) < 4.78 is 4.49. The summed E-state index contributed by atoms with van der Waals surface area (Å²) in [6.45, 7) is 6.07. The minimum absolute atomic E-state index is 0.119. The second-order valence-corrected chi connectivity index (χ2v) is 6.67. The van der Waals surface area contributed by atoms with E-state index in [2.05, 4.69) is 23.9 Å². The minimum atomic E-state index is -0.957. The van der Waals surface area contributed by atoms with Crippen molar-refractivity contribution in [1.29, 1.82) is 0 Å². The Hall–Kier alpha value is -2.41. The van der Waals surface area contributed by atoms with Gasteiger partial charge in [-0.3, -0.25) is 10.1 Å². The number of nitrogens with zero attached hydrogens (tertiary/aromatic N) is 1. The van der Waals surface area contributed by atoms with Gasteiger partial charge in [0.2, 0.25) is 0 Å². The van der Waals surface area contributed by atoms with Crippen LogP contribution in [-0.4, -0.2) is 35.3 Å². The molecule has 0 amide bonds. The van der Waals surface area contributed by atoms with Crippen molar-refractivity contribution < 1.29 is 19.6 Å². The summed E-state index contributed by atoms with van der Waals surface area (Å²) in [4.78, 5) is 21.9. The molecule has 0 aromatic heterocycles. The molecule has 0 bridgehead atoms. The first-order valence-corrected chi connectivity index (χ1v) is 8.15. The summed E-state index contributed by atoms with van der Waals surface area (Å²) >= 11 is 0. The summed E-state index contributed by atoms with van der Waals surface area (Å²) in [5, 5.41) is 24.6. The van der Waals surface area contributed by atoms with E-state index >= 15 is 0 Å². The highest BCUT2D eigenvalue weighted by Gasteiger charge is 2.22. The SMILES string of the molecule is COC(=O)C=Cc1ccc(NCC(C)(O)CCC(C)C)c([N+](=O)[O-])c1. The molecule has 1 aromatic carbocycles. The van der Waals surface area contributed by atoms with Crippen LogP contribution >= 0.6 is 0 Å². The Kier molecular flexibility index (Phi) is 7.57. The zero-order chi connectivity index (χ0) is 19.0. The van der Waals surface area contributed by atoms with E-state index in [1.165, 1.54) is 25.3 Å². The van der Waals surface area contributed by atoms with Gasteiger partial charge >= 0.3 is 5.97 Å². The van der Waals surface area contributed by atoms with E-state index < -0.39 is 16.5 Å². The fourth-order valence-corrected chi connectivity index (χ4v) is 2.16. The van der Waals surface area contributed by atoms with Crippen LogP contribution in [0.1, 0.15) is 39.2 Å². The van der Waals surface area contributed by atoms with Gasteiger partial charge < -0.3 is 15.2 Å². The van der Waals surface area contributed by atoms with Crippen LogP contribution in [0.2, 0.25) is 0 Å². The molecule has 0 aliphatic heterocycles. The van der Waals surface area contributed by atoms with Crippen LogP contribution < -0.4 is 5.32 Å². The van der Waals surface area contributed by atoms with Crippen molar-refractivity contribution in [3.8, 4) is 0 Å². The van der Waals surface area contributed by atoms with Gasteiger partial charge in [0, 0.05) is 18.7 Å². The molecule has 7 nitrogen and oxygen atoms in total. The number of nitro groups is 1. The Morgan fingerprint density at radius 2 is 2.16 bits per heavy atom. The number of benzene rings is 1. The molecule has 1 atom stereocenters. The molecule has 2 N–H and O–H groups in total. The van der Waals surface area contributed by atoms with E-state index in [0.717, 1.165) is 6.42 Å². The van der Waals surface area contributed by atoms with Gasteiger partial charge in [-0.25, -0.2) is 4.79 Å². The van der Waals surface area contributed by atoms with Crippen molar-refractivity contribution in [3.05, 3.63) is 40.0 Å². The average molecular weight is 350 g/mol. The zero-order valence-electron chi connectivity index (χ0n) is 15.1. The normalized spacial score (nSPS) is 13.7. The number of anilines is 1. The number of nitrogens with one attached hydrogen (secondary N) is 1. The van der Waals surface area contributed by atoms with Crippen LogP contribution in [0.3, 0.4) is 0 Å². The molecule has 0 radical (unpaired) electrons. The van der Waals surface area contributed by atoms with E-state index in [1.54, 1.807) is 19.1 Å². The summed E-state index contributed by atoms with van der Waals surface area (Å²) in [5.41, 5.74) is -0.243. The number of esters is 1. The Balaban J connectivity index is 2.87. The average Bonchev–Trinajstić information content (AvgIpc) is 2.56. The van der Waals surface area contributed by atoms with Crippen LogP contribution in [0.5, 0.6) is 0 Å². The first-order valence-electron chi connectivity index (χ1n) is 8.15. The molecule has 0 aliphatic rings. The molecule has 138 valence electrons. The highest BCUT2D eigenvalue weighted by molar-refractivity contribution is 5.87. The quantitative estimate of drug-likeness (QED) is 0.306. The largest absolute Gasteiger partial charge is 0.466 e.